The summed E-state index contributed by atoms with van der Waals surface area (Å²) in [6.07, 6.45) is 3.04. The van der Waals surface area contributed by atoms with Gasteiger partial charge in [0.25, 0.3) is 0 Å². The fourth-order valence-corrected chi connectivity index (χ4v) is 3.48. The lowest BCUT2D eigenvalue weighted by atomic mass is 9.99. The Balaban J connectivity index is 2.14. The Morgan fingerprint density at radius 2 is 1.83 bits per heavy atom. The molecule has 0 saturated carbocycles. The zero-order valence-electron chi connectivity index (χ0n) is 13.9. The van der Waals surface area contributed by atoms with Crippen LogP contribution in [0.15, 0.2) is 24.3 Å². The summed E-state index contributed by atoms with van der Waals surface area (Å²) in [7, 11) is -1.99. The first-order chi connectivity index (χ1) is 10.8. The van der Waals surface area contributed by atoms with Gasteiger partial charge in [-0.05, 0) is 43.0 Å². The third kappa shape index (κ3) is 4.60. The van der Waals surface area contributed by atoms with E-state index < -0.39 is 10.0 Å². The fourth-order valence-electron chi connectivity index (χ4n) is 2.63. The van der Waals surface area contributed by atoms with Crippen molar-refractivity contribution < 1.29 is 17.9 Å². The third-order valence-electron chi connectivity index (χ3n) is 4.18. The number of carbonyl (C=O) groups is 1. The van der Waals surface area contributed by atoms with E-state index in [0.29, 0.717) is 30.4 Å². The minimum Gasteiger partial charge on any atom is -0.497 e. The van der Waals surface area contributed by atoms with Crippen LogP contribution < -0.4 is 9.04 Å². The van der Waals surface area contributed by atoms with Crippen LogP contribution in [-0.2, 0) is 14.8 Å². The van der Waals surface area contributed by atoms with E-state index in [-0.39, 0.29) is 12.5 Å². The van der Waals surface area contributed by atoms with Crippen molar-refractivity contribution in [3.8, 4) is 5.75 Å². The zero-order valence-corrected chi connectivity index (χ0v) is 14.7. The first-order valence-corrected chi connectivity index (χ1v) is 9.55. The van der Waals surface area contributed by atoms with E-state index in [2.05, 4.69) is 6.92 Å². The highest BCUT2D eigenvalue weighted by atomic mass is 32.2. The molecule has 1 aromatic rings. The summed E-state index contributed by atoms with van der Waals surface area (Å²) < 4.78 is 30.4. The fraction of sp³-hybridized carbons (Fsp3) is 0.562. The normalized spacial score (nSPS) is 16.2. The van der Waals surface area contributed by atoms with Crippen LogP contribution in [0.25, 0.3) is 0 Å². The molecule has 0 atom stereocenters. The third-order valence-corrected chi connectivity index (χ3v) is 5.32. The molecule has 1 aromatic carbocycles. The summed E-state index contributed by atoms with van der Waals surface area (Å²) in [4.78, 5) is 14.2. The molecule has 1 heterocycles. The molecule has 23 heavy (non-hydrogen) atoms. The molecule has 0 aliphatic carbocycles. The Morgan fingerprint density at radius 3 is 2.30 bits per heavy atom. The Hall–Kier alpha value is -1.76. The molecule has 1 aliphatic heterocycles. The summed E-state index contributed by atoms with van der Waals surface area (Å²) in [6.45, 7) is 3.39. The molecule has 6 nitrogen and oxygen atoms in total. The highest BCUT2D eigenvalue weighted by molar-refractivity contribution is 7.92. The first kappa shape index (κ1) is 17.6. The van der Waals surface area contributed by atoms with Crippen LogP contribution in [0.5, 0.6) is 5.75 Å². The van der Waals surface area contributed by atoms with Gasteiger partial charge in [-0.25, -0.2) is 8.42 Å². The van der Waals surface area contributed by atoms with Crippen molar-refractivity contribution in [2.75, 3.05) is 37.3 Å². The van der Waals surface area contributed by atoms with Gasteiger partial charge in [-0.2, -0.15) is 0 Å². The molecule has 0 aromatic heterocycles. The number of amides is 1. The highest BCUT2D eigenvalue weighted by Gasteiger charge is 2.26. The number of piperidine rings is 1. The molecule has 2 rings (SSSR count). The summed E-state index contributed by atoms with van der Waals surface area (Å²) in [5.74, 6) is 1.10. The van der Waals surface area contributed by atoms with Gasteiger partial charge in [0.2, 0.25) is 15.9 Å². The Bertz CT molecular complexity index is 635. The van der Waals surface area contributed by atoms with Gasteiger partial charge < -0.3 is 9.64 Å². The van der Waals surface area contributed by atoms with Gasteiger partial charge in [0.05, 0.1) is 19.1 Å². The van der Waals surface area contributed by atoms with Gasteiger partial charge in [0.15, 0.2) is 0 Å². The lowest BCUT2D eigenvalue weighted by molar-refractivity contribution is -0.130. The number of benzene rings is 1. The van der Waals surface area contributed by atoms with E-state index >= 15 is 0 Å². The summed E-state index contributed by atoms with van der Waals surface area (Å²) in [5, 5.41) is 0. The van der Waals surface area contributed by atoms with Crippen LogP contribution in [0, 0.1) is 5.92 Å². The van der Waals surface area contributed by atoms with Crippen molar-refractivity contribution in [3.05, 3.63) is 24.3 Å². The van der Waals surface area contributed by atoms with Gasteiger partial charge in [-0.1, -0.05) is 6.92 Å². The zero-order chi connectivity index (χ0) is 17.0. The molecule has 1 fully saturated rings. The minimum absolute atomic E-state index is 0.154. The monoisotopic (exact) mass is 340 g/mol. The maximum absolute atomic E-state index is 12.5. The van der Waals surface area contributed by atoms with E-state index in [4.69, 9.17) is 4.74 Å². The van der Waals surface area contributed by atoms with Crippen LogP contribution in [0.3, 0.4) is 0 Å². The number of hydrogen-bond acceptors (Lipinski definition) is 4. The number of ether oxygens (including phenoxy) is 1. The lowest BCUT2D eigenvalue weighted by Crippen LogP contribution is -2.45. The molecule has 1 saturated heterocycles. The topological polar surface area (TPSA) is 66.9 Å². The first-order valence-electron chi connectivity index (χ1n) is 7.71. The van der Waals surface area contributed by atoms with Gasteiger partial charge in [-0.3, -0.25) is 9.10 Å². The summed E-state index contributed by atoms with van der Waals surface area (Å²) in [6, 6.07) is 6.65. The largest absolute Gasteiger partial charge is 0.497 e. The Labute approximate surface area is 138 Å². The standard InChI is InChI=1S/C16H24N2O4S/c1-13-8-10-17(11-9-13)16(19)12-18(23(3,20)21)14-4-6-15(22-2)7-5-14/h4-7,13H,8-12H2,1-3H3. The predicted molar refractivity (Wildman–Crippen MR) is 90.2 cm³/mol. The second-order valence-electron chi connectivity index (χ2n) is 6.03. The molecule has 0 unspecified atom stereocenters. The highest BCUT2D eigenvalue weighted by Crippen LogP contribution is 2.22. The molecular formula is C16H24N2O4S. The average molecular weight is 340 g/mol. The summed E-state index contributed by atoms with van der Waals surface area (Å²) >= 11 is 0. The van der Waals surface area contributed by atoms with Gasteiger partial charge in [0.1, 0.15) is 12.3 Å². The number of rotatable bonds is 5. The SMILES string of the molecule is COc1ccc(N(CC(=O)N2CCC(C)CC2)S(C)(=O)=O)cc1. The van der Waals surface area contributed by atoms with E-state index in [9.17, 15) is 13.2 Å². The maximum Gasteiger partial charge on any atom is 0.243 e. The molecule has 0 bridgehead atoms. The minimum atomic E-state index is -3.54. The number of nitrogens with zero attached hydrogens (tertiary/aromatic N) is 2. The lowest BCUT2D eigenvalue weighted by Gasteiger charge is -2.32. The number of methoxy groups -OCH3 is 1. The number of hydrogen-bond donors (Lipinski definition) is 0. The van der Waals surface area contributed by atoms with Crippen molar-refractivity contribution >= 4 is 21.6 Å². The summed E-state index contributed by atoms with van der Waals surface area (Å²) in [5.41, 5.74) is 0.465. The molecule has 128 valence electrons. The number of sulfonamides is 1. The molecule has 0 N–H and O–H groups in total. The predicted octanol–water partition coefficient (Wildman–Crippen LogP) is 1.72. The van der Waals surface area contributed by atoms with Crippen LogP contribution in [0.2, 0.25) is 0 Å². The molecular weight excluding hydrogens is 316 g/mol. The Morgan fingerprint density at radius 1 is 1.26 bits per heavy atom. The van der Waals surface area contributed by atoms with E-state index in [1.165, 1.54) is 0 Å². The number of likely N-dealkylation sites (tertiary alicyclic amines) is 1. The second kappa shape index (κ2) is 7.21. The molecule has 0 radical (unpaired) electrons. The average Bonchev–Trinajstić information content (AvgIpc) is 2.52. The van der Waals surface area contributed by atoms with Crippen LogP contribution >= 0.6 is 0 Å². The second-order valence-corrected chi connectivity index (χ2v) is 7.94. The molecule has 1 amide bonds. The van der Waals surface area contributed by atoms with Crippen LogP contribution in [0.4, 0.5) is 5.69 Å². The molecule has 0 spiro atoms. The molecule has 1 aliphatic rings. The van der Waals surface area contributed by atoms with E-state index in [1.54, 1.807) is 36.3 Å². The van der Waals surface area contributed by atoms with E-state index in [1.807, 2.05) is 0 Å². The van der Waals surface area contributed by atoms with Crippen molar-refractivity contribution in [2.45, 2.75) is 19.8 Å². The number of carbonyl (C=O) groups excluding carboxylic acids is 1. The van der Waals surface area contributed by atoms with Gasteiger partial charge in [-0.15, -0.1) is 0 Å². The molecule has 7 heteroatoms. The van der Waals surface area contributed by atoms with Crippen LogP contribution in [0.1, 0.15) is 19.8 Å². The smallest absolute Gasteiger partial charge is 0.243 e. The number of anilines is 1. The maximum atomic E-state index is 12.5. The van der Waals surface area contributed by atoms with Crippen molar-refractivity contribution in [1.82, 2.24) is 4.90 Å². The van der Waals surface area contributed by atoms with Gasteiger partial charge >= 0.3 is 0 Å². The van der Waals surface area contributed by atoms with Crippen molar-refractivity contribution in [3.63, 3.8) is 0 Å². The Kier molecular flexibility index (Phi) is 5.51. The van der Waals surface area contributed by atoms with Crippen LogP contribution in [-0.4, -0.2) is 52.2 Å². The van der Waals surface area contributed by atoms with Crippen molar-refractivity contribution in [2.24, 2.45) is 5.92 Å². The van der Waals surface area contributed by atoms with Crippen molar-refractivity contribution in [1.29, 1.82) is 0 Å². The van der Waals surface area contributed by atoms with E-state index in [0.717, 1.165) is 23.4 Å². The quantitative estimate of drug-likeness (QED) is 0.818. The van der Waals surface area contributed by atoms with Gasteiger partial charge in [0, 0.05) is 13.1 Å².